The van der Waals surface area contributed by atoms with Crippen molar-refractivity contribution in [2.45, 2.75) is 32.0 Å². The highest BCUT2D eigenvalue weighted by Gasteiger charge is 2.36. The van der Waals surface area contributed by atoms with Crippen LogP contribution in [0.15, 0.2) is 0 Å². The molecule has 16 heavy (non-hydrogen) atoms. The van der Waals surface area contributed by atoms with Gasteiger partial charge in [-0.05, 0) is 19.9 Å². The molecule has 0 radical (unpaired) electrons. The Balaban J connectivity index is 4.50. The minimum absolute atomic E-state index is 0.166. The van der Waals surface area contributed by atoms with Gasteiger partial charge in [-0.1, -0.05) is 6.92 Å². The first kappa shape index (κ1) is 15.2. The Morgan fingerprint density at radius 2 is 1.88 bits per heavy atom. The summed E-state index contributed by atoms with van der Waals surface area (Å²) in [6, 6.07) is 0. The smallest absolute Gasteiger partial charge is 0.401 e. The number of halogens is 3. The van der Waals surface area contributed by atoms with Crippen LogP contribution in [-0.4, -0.2) is 47.3 Å². The van der Waals surface area contributed by atoms with Crippen LogP contribution in [-0.2, 0) is 4.79 Å². The van der Waals surface area contributed by atoms with Gasteiger partial charge in [-0.3, -0.25) is 9.69 Å². The van der Waals surface area contributed by atoms with Crippen molar-refractivity contribution in [3.05, 3.63) is 0 Å². The van der Waals surface area contributed by atoms with Crippen LogP contribution >= 0.6 is 0 Å². The van der Waals surface area contributed by atoms with Crippen molar-refractivity contribution in [1.29, 1.82) is 0 Å². The molecule has 0 aromatic carbocycles. The van der Waals surface area contributed by atoms with Crippen molar-refractivity contribution in [1.82, 2.24) is 4.90 Å². The van der Waals surface area contributed by atoms with Crippen molar-refractivity contribution >= 4 is 5.97 Å². The standard InChI is InChI=1S/C9H17F3N2O2/c1-3-4-14(6-9(10,11)12)5-8(2,13)7(15)16/h3-6,13H2,1-2H3,(H,15,16). The van der Waals surface area contributed by atoms with E-state index in [0.717, 1.165) is 4.90 Å². The van der Waals surface area contributed by atoms with Gasteiger partial charge in [-0.2, -0.15) is 13.2 Å². The first-order valence-corrected chi connectivity index (χ1v) is 4.90. The number of carboxylic acids is 1. The largest absolute Gasteiger partial charge is 0.480 e. The van der Waals surface area contributed by atoms with Crippen LogP contribution in [0.4, 0.5) is 13.2 Å². The van der Waals surface area contributed by atoms with E-state index in [1.54, 1.807) is 6.92 Å². The van der Waals surface area contributed by atoms with E-state index < -0.39 is 24.2 Å². The highest BCUT2D eigenvalue weighted by Crippen LogP contribution is 2.18. The van der Waals surface area contributed by atoms with Crippen LogP contribution in [0.2, 0.25) is 0 Å². The average molecular weight is 242 g/mol. The van der Waals surface area contributed by atoms with Gasteiger partial charge in [-0.25, -0.2) is 0 Å². The van der Waals surface area contributed by atoms with E-state index >= 15 is 0 Å². The summed E-state index contributed by atoms with van der Waals surface area (Å²) < 4.78 is 36.5. The van der Waals surface area contributed by atoms with Crippen molar-refractivity contribution in [2.24, 2.45) is 5.73 Å². The molecule has 0 aliphatic carbocycles. The fourth-order valence-electron chi connectivity index (χ4n) is 1.32. The molecule has 96 valence electrons. The number of hydrogen-bond donors (Lipinski definition) is 2. The Labute approximate surface area is 92.2 Å². The maximum atomic E-state index is 12.2. The summed E-state index contributed by atoms with van der Waals surface area (Å²) in [5, 5.41) is 8.72. The SMILES string of the molecule is CCCN(CC(F)(F)F)CC(C)(N)C(=O)O. The van der Waals surface area contributed by atoms with Gasteiger partial charge in [0.05, 0.1) is 6.54 Å². The summed E-state index contributed by atoms with van der Waals surface area (Å²) in [6.07, 6.45) is -3.84. The molecule has 7 heteroatoms. The fraction of sp³-hybridized carbons (Fsp3) is 0.889. The lowest BCUT2D eigenvalue weighted by Gasteiger charge is -2.29. The number of carboxylic acid groups (broad SMARTS) is 1. The van der Waals surface area contributed by atoms with Gasteiger partial charge in [0.1, 0.15) is 5.54 Å². The minimum Gasteiger partial charge on any atom is -0.480 e. The summed E-state index contributed by atoms with van der Waals surface area (Å²) in [6.45, 7) is 1.63. The summed E-state index contributed by atoms with van der Waals surface area (Å²) >= 11 is 0. The molecule has 0 aliphatic rings. The van der Waals surface area contributed by atoms with Crippen LogP contribution in [0.25, 0.3) is 0 Å². The Morgan fingerprint density at radius 3 is 2.19 bits per heavy atom. The number of carbonyl (C=O) groups is 1. The predicted octanol–water partition coefficient (Wildman–Crippen LogP) is 1.06. The summed E-state index contributed by atoms with van der Waals surface area (Å²) in [4.78, 5) is 11.7. The molecule has 1 unspecified atom stereocenters. The number of hydrogen-bond acceptors (Lipinski definition) is 3. The normalized spacial score (nSPS) is 16.2. The zero-order valence-electron chi connectivity index (χ0n) is 9.34. The third-order valence-corrected chi connectivity index (χ3v) is 1.98. The average Bonchev–Trinajstić information content (AvgIpc) is 1.99. The molecule has 4 nitrogen and oxygen atoms in total. The monoisotopic (exact) mass is 242 g/mol. The van der Waals surface area contributed by atoms with Crippen molar-refractivity contribution in [3.63, 3.8) is 0 Å². The molecule has 0 spiro atoms. The van der Waals surface area contributed by atoms with E-state index in [1.807, 2.05) is 0 Å². The van der Waals surface area contributed by atoms with E-state index in [1.165, 1.54) is 6.92 Å². The second-order valence-corrected chi connectivity index (χ2v) is 4.05. The molecular weight excluding hydrogens is 225 g/mol. The lowest BCUT2D eigenvalue weighted by Crippen LogP contribution is -2.55. The maximum Gasteiger partial charge on any atom is 0.401 e. The number of rotatable bonds is 6. The van der Waals surface area contributed by atoms with Crippen LogP contribution in [0.1, 0.15) is 20.3 Å². The van der Waals surface area contributed by atoms with Gasteiger partial charge in [0.15, 0.2) is 0 Å². The molecule has 0 heterocycles. The summed E-state index contributed by atoms with van der Waals surface area (Å²) in [5.74, 6) is -1.31. The minimum atomic E-state index is -4.34. The van der Waals surface area contributed by atoms with Crippen molar-refractivity contribution in [3.8, 4) is 0 Å². The van der Waals surface area contributed by atoms with Crippen LogP contribution in [0.5, 0.6) is 0 Å². The molecule has 0 saturated heterocycles. The van der Waals surface area contributed by atoms with E-state index in [4.69, 9.17) is 10.8 Å². The summed E-state index contributed by atoms with van der Waals surface area (Å²) in [7, 11) is 0. The predicted molar refractivity (Wildman–Crippen MR) is 53.0 cm³/mol. The third kappa shape index (κ3) is 5.92. The Kier molecular flexibility index (Phi) is 5.21. The van der Waals surface area contributed by atoms with E-state index in [-0.39, 0.29) is 13.1 Å². The number of nitrogens with zero attached hydrogens (tertiary/aromatic N) is 1. The zero-order chi connectivity index (χ0) is 13.0. The molecule has 0 aromatic heterocycles. The molecular formula is C9H17F3N2O2. The maximum absolute atomic E-state index is 12.2. The lowest BCUT2D eigenvalue weighted by atomic mass is 10.0. The number of nitrogens with two attached hydrogens (primary N) is 1. The van der Waals surface area contributed by atoms with Gasteiger partial charge in [0, 0.05) is 6.54 Å². The number of alkyl halides is 3. The molecule has 0 bridgehead atoms. The molecule has 0 amide bonds. The molecule has 1 atom stereocenters. The van der Waals surface area contributed by atoms with Gasteiger partial charge in [0.2, 0.25) is 0 Å². The van der Waals surface area contributed by atoms with E-state index in [0.29, 0.717) is 6.42 Å². The van der Waals surface area contributed by atoms with E-state index in [2.05, 4.69) is 0 Å². The fourth-order valence-corrected chi connectivity index (χ4v) is 1.32. The first-order valence-electron chi connectivity index (χ1n) is 4.90. The highest BCUT2D eigenvalue weighted by molar-refractivity contribution is 5.78. The number of aliphatic carboxylic acids is 1. The van der Waals surface area contributed by atoms with Gasteiger partial charge in [0.25, 0.3) is 0 Å². The van der Waals surface area contributed by atoms with Gasteiger partial charge < -0.3 is 10.8 Å². The quantitative estimate of drug-likeness (QED) is 0.731. The molecule has 0 aromatic rings. The first-order chi connectivity index (χ1) is 7.08. The second kappa shape index (κ2) is 5.49. The third-order valence-electron chi connectivity index (χ3n) is 1.98. The lowest BCUT2D eigenvalue weighted by molar-refractivity contribution is -0.154. The summed E-state index contributed by atoms with van der Waals surface area (Å²) in [5.41, 5.74) is 3.73. The highest BCUT2D eigenvalue weighted by atomic mass is 19.4. The topological polar surface area (TPSA) is 66.6 Å². The molecule has 0 fully saturated rings. The molecule has 0 aliphatic heterocycles. The Bertz CT molecular complexity index is 241. The van der Waals surface area contributed by atoms with Crippen molar-refractivity contribution < 1.29 is 23.1 Å². The van der Waals surface area contributed by atoms with E-state index in [9.17, 15) is 18.0 Å². The van der Waals surface area contributed by atoms with Crippen LogP contribution in [0.3, 0.4) is 0 Å². The second-order valence-electron chi connectivity index (χ2n) is 4.05. The molecule has 3 N–H and O–H groups in total. The zero-order valence-corrected chi connectivity index (χ0v) is 9.34. The van der Waals surface area contributed by atoms with Crippen LogP contribution < -0.4 is 5.73 Å². The Morgan fingerprint density at radius 1 is 1.38 bits per heavy atom. The molecule has 0 rings (SSSR count). The Hall–Kier alpha value is -0.820. The van der Waals surface area contributed by atoms with Gasteiger partial charge >= 0.3 is 12.1 Å². The molecule has 0 saturated carbocycles. The van der Waals surface area contributed by atoms with Crippen LogP contribution in [0, 0.1) is 0 Å². The van der Waals surface area contributed by atoms with Crippen molar-refractivity contribution in [2.75, 3.05) is 19.6 Å². The van der Waals surface area contributed by atoms with Gasteiger partial charge in [-0.15, -0.1) is 0 Å².